The van der Waals surface area contributed by atoms with Crippen LogP contribution < -0.4 is 9.47 Å². The standard InChI is InChI=1S/C24H37NO6S2/c1-26-11-12-30-18-29-10-5-4-9-24(32-13-6-14-33-24)17-20-16-21(25-31-20)19-7-8-22(27-2)23(15-19)28-3/h7-8,15,20H,4-6,9-14,16-18H2,1-3H3/t20-/m1/s1. The van der Waals surface area contributed by atoms with Gasteiger partial charge in [0.05, 0.1) is 37.2 Å². The second kappa shape index (κ2) is 14.3. The van der Waals surface area contributed by atoms with Crippen molar-refractivity contribution in [1.29, 1.82) is 0 Å². The van der Waals surface area contributed by atoms with E-state index in [4.69, 9.17) is 28.5 Å². The third kappa shape index (κ3) is 8.24. The van der Waals surface area contributed by atoms with E-state index in [0.717, 1.165) is 55.7 Å². The highest BCUT2D eigenvalue weighted by atomic mass is 32.2. The molecule has 0 amide bonds. The quantitative estimate of drug-likeness (QED) is 0.248. The van der Waals surface area contributed by atoms with Crippen molar-refractivity contribution in [3.8, 4) is 11.5 Å². The molecule has 2 aliphatic rings. The monoisotopic (exact) mass is 499 g/mol. The first-order valence-corrected chi connectivity index (χ1v) is 13.5. The molecule has 3 rings (SSSR count). The summed E-state index contributed by atoms with van der Waals surface area (Å²) in [4.78, 5) is 5.91. The van der Waals surface area contributed by atoms with Crippen molar-refractivity contribution in [1.82, 2.24) is 0 Å². The minimum absolute atomic E-state index is 0.108. The summed E-state index contributed by atoms with van der Waals surface area (Å²) in [5.41, 5.74) is 2.00. The SMILES string of the molecule is COCCOCOCCCCC1(C[C@H]2CC(c3ccc(OC)c(OC)c3)=NO2)SCCCS1. The van der Waals surface area contributed by atoms with Crippen molar-refractivity contribution in [3.63, 3.8) is 0 Å². The molecule has 9 heteroatoms. The maximum absolute atomic E-state index is 5.91. The molecule has 1 fully saturated rings. The van der Waals surface area contributed by atoms with Gasteiger partial charge in [0, 0.05) is 32.1 Å². The van der Waals surface area contributed by atoms with Crippen LogP contribution in [0.2, 0.25) is 0 Å². The van der Waals surface area contributed by atoms with Gasteiger partial charge in [-0.05, 0) is 55.4 Å². The number of unbranched alkanes of at least 4 members (excludes halogenated alkanes) is 1. The van der Waals surface area contributed by atoms with Crippen LogP contribution in [0, 0.1) is 0 Å². The highest BCUT2D eigenvalue weighted by Crippen LogP contribution is 2.50. The molecule has 0 spiro atoms. The second-order valence-electron chi connectivity index (χ2n) is 8.09. The molecule has 1 saturated heterocycles. The van der Waals surface area contributed by atoms with E-state index in [1.54, 1.807) is 21.3 Å². The maximum Gasteiger partial charge on any atom is 0.161 e. The number of hydrogen-bond donors (Lipinski definition) is 0. The Morgan fingerprint density at radius 1 is 1.00 bits per heavy atom. The molecule has 0 N–H and O–H groups in total. The number of benzene rings is 1. The number of ether oxygens (including phenoxy) is 5. The molecule has 2 heterocycles. The summed E-state index contributed by atoms with van der Waals surface area (Å²) in [6, 6.07) is 5.91. The highest BCUT2D eigenvalue weighted by Gasteiger charge is 2.38. The zero-order valence-corrected chi connectivity index (χ0v) is 21.6. The summed E-state index contributed by atoms with van der Waals surface area (Å²) in [6.07, 6.45) is 6.53. The molecule has 2 aliphatic heterocycles. The molecule has 0 radical (unpaired) electrons. The average molecular weight is 500 g/mol. The second-order valence-corrected chi connectivity index (χ2v) is 11.3. The van der Waals surface area contributed by atoms with Gasteiger partial charge < -0.3 is 28.5 Å². The van der Waals surface area contributed by atoms with Gasteiger partial charge in [0.25, 0.3) is 0 Å². The van der Waals surface area contributed by atoms with Crippen LogP contribution in [0.3, 0.4) is 0 Å². The van der Waals surface area contributed by atoms with Crippen molar-refractivity contribution < 1.29 is 28.5 Å². The molecule has 7 nitrogen and oxygen atoms in total. The average Bonchev–Trinajstić information content (AvgIpc) is 3.31. The molecule has 1 atom stereocenters. The van der Waals surface area contributed by atoms with Crippen LogP contribution in [0.25, 0.3) is 0 Å². The van der Waals surface area contributed by atoms with Crippen LogP contribution >= 0.6 is 23.5 Å². The Balaban J connectivity index is 1.46. The summed E-state index contributed by atoms with van der Waals surface area (Å²) >= 11 is 4.20. The van der Waals surface area contributed by atoms with Crippen molar-refractivity contribution in [2.24, 2.45) is 5.16 Å². The zero-order valence-electron chi connectivity index (χ0n) is 20.0. The molecule has 0 unspecified atom stereocenters. The number of hydrogen-bond acceptors (Lipinski definition) is 9. The molecule has 186 valence electrons. The molecule has 0 aromatic heterocycles. The van der Waals surface area contributed by atoms with Crippen LogP contribution in [-0.4, -0.2) is 75.3 Å². The van der Waals surface area contributed by atoms with Crippen molar-refractivity contribution in [2.75, 3.05) is 59.4 Å². The highest BCUT2D eigenvalue weighted by molar-refractivity contribution is 8.18. The lowest BCUT2D eigenvalue weighted by Crippen LogP contribution is -2.30. The number of oxime groups is 1. The number of thioether (sulfide) groups is 2. The Morgan fingerprint density at radius 2 is 1.79 bits per heavy atom. The Bertz CT molecular complexity index is 742. The molecular weight excluding hydrogens is 462 g/mol. The Hall–Kier alpha value is -1.13. The van der Waals surface area contributed by atoms with E-state index in [1.807, 2.05) is 18.2 Å². The summed E-state index contributed by atoms with van der Waals surface area (Å²) in [5, 5.41) is 4.43. The number of nitrogens with zero attached hydrogens (tertiary/aromatic N) is 1. The number of rotatable bonds is 15. The first-order valence-electron chi connectivity index (χ1n) is 11.6. The van der Waals surface area contributed by atoms with E-state index in [1.165, 1.54) is 17.9 Å². The van der Waals surface area contributed by atoms with Gasteiger partial charge in [-0.25, -0.2) is 0 Å². The van der Waals surface area contributed by atoms with Crippen molar-refractivity contribution in [3.05, 3.63) is 23.8 Å². The topological polar surface area (TPSA) is 67.7 Å². The van der Waals surface area contributed by atoms with E-state index in [-0.39, 0.29) is 10.2 Å². The Labute approximate surface area is 206 Å². The Kier molecular flexibility index (Phi) is 11.5. The fourth-order valence-electron chi connectivity index (χ4n) is 3.97. The van der Waals surface area contributed by atoms with E-state index in [0.29, 0.717) is 25.8 Å². The van der Waals surface area contributed by atoms with Gasteiger partial charge in [-0.1, -0.05) is 5.16 Å². The fourth-order valence-corrected chi connectivity index (χ4v) is 7.49. The minimum atomic E-state index is 0.108. The van der Waals surface area contributed by atoms with Crippen molar-refractivity contribution in [2.45, 2.75) is 48.7 Å². The summed E-state index contributed by atoms with van der Waals surface area (Å²) in [7, 11) is 4.96. The summed E-state index contributed by atoms with van der Waals surface area (Å²) in [6.45, 7) is 2.23. The Morgan fingerprint density at radius 3 is 2.55 bits per heavy atom. The largest absolute Gasteiger partial charge is 0.493 e. The summed E-state index contributed by atoms with van der Waals surface area (Å²) < 4.78 is 26.9. The lowest BCUT2D eigenvalue weighted by atomic mass is 10.00. The van der Waals surface area contributed by atoms with Gasteiger partial charge in [0.1, 0.15) is 12.9 Å². The van der Waals surface area contributed by atoms with Crippen molar-refractivity contribution >= 4 is 29.2 Å². The fraction of sp³-hybridized carbons (Fsp3) is 0.708. The summed E-state index contributed by atoms with van der Waals surface area (Å²) in [5.74, 6) is 3.86. The van der Waals surface area contributed by atoms with Gasteiger partial charge in [0.15, 0.2) is 11.5 Å². The molecule has 1 aromatic carbocycles. The van der Waals surface area contributed by atoms with E-state index < -0.39 is 0 Å². The molecule has 0 aliphatic carbocycles. The first kappa shape index (κ1) is 26.5. The molecule has 0 saturated carbocycles. The van der Waals surface area contributed by atoms with Crippen LogP contribution in [-0.2, 0) is 19.0 Å². The van der Waals surface area contributed by atoms with Gasteiger partial charge in [-0.2, -0.15) is 0 Å². The van der Waals surface area contributed by atoms with Crippen LogP contribution in [0.1, 0.15) is 44.1 Å². The maximum atomic E-state index is 5.91. The third-order valence-electron chi connectivity index (χ3n) is 5.70. The van der Waals surface area contributed by atoms with Gasteiger partial charge >= 0.3 is 0 Å². The van der Waals surface area contributed by atoms with E-state index >= 15 is 0 Å². The van der Waals surface area contributed by atoms with Crippen LogP contribution in [0.5, 0.6) is 11.5 Å². The molecule has 0 bridgehead atoms. The molecule has 33 heavy (non-hydrogen) atoms. The van der Waals surface area contributed by atoms with Gasteiger partial charge in [0.2, 0.25) is 0 Å². The van der Waals surface area contributed by atoms with Gasteiger partial charge in [-0.15, -0.1) is 23.5 Å². The first-order chi connectivity index (χ1) is 16.2. The van der Waals surface area contributed by atoms with Crippen LogP contribution in [0.15, 0.2) is 23.4 Å². The third-order valence-corrected chi connectivity index (χ3v) is 9.19. The lowest BCUT2D eigenvalue weighted by molar-refractivity contribution is -0.0664. The minimum Gasteiger partial charge on any atom is -0.493 e. The lowest BCUT2D eigenvalue weighted by Gasteiger charge is -2.37. The molecular formula is C24H37NO6S2. The van der Waals surface area contributed by atoms with Crippen LogP contribution in [0.4, 0.5) is 0 Å². The van der Waals surface area contributed by atoms with E-state index in [9.17, 15) is 0 Å². The smallest absolute Gasteiger partial charge is 0.161 e. The zero-order chi connectivity index (χ0) is 23.4. The number of methoxy groups -OCH3 is 3. The van der Waals surface area contributed by atoms with Gasteiger partial charge in [-0.3, -0.25) is 0 Å². The molecule has 1 aromatic rings. The predicted molar refractivity (Wildman–Crippen MR) is 135 cm³/mol. The normalized spacial score (nSPS) is 19.7. The van der Waals surface area contributed by atoms with E-state index in [2.05, 4.69) is 28.7 Å². The predicted octanol–water partition coefficient (Wildman–Crippen LogP) is 4.96.